The predicted octanol–water partition coefficient (Wildman–Crippen LogP) is 5.75. The van der Waals surface area contributed by atoms with Gasteiger partial charge in [0.2, 0.25) is 0 Å². The van der Waals surface area contributed by atoms with E-state index in [1.807, 2.05) is 0 Å². The summed E-state index contributed by atoms with van der Waals surface area (Å²) in [5, 5.41) is 30.4. The molecule has 0 spiro atoms. The Morgan fingerprint density at radius 3 is 2.08 bits per heavy atom. The van der Waals surface area contributed by atoms with Crippen molar-refractivity contribution in [2.24, 2.45) is 56.7 Å². The predicted molar refractivity (Wildman–Crippen MR) is 143 cm³/mol. The minimum Gasteiger partial charge on any atom is -0.550 e. The van der Waals surface area contributed by atoms with Crippen molar-refractivity contribution in [1.29, 1.82) is 0 Å². The molecule has 0 amide bonds. The van der Waals surface area contributed by atoms with Crippen LogP contribution in [0.3, 0.4) is 0 Å². The molecule has 5 saturated carbocycles. The van der Waals surface area contributed by atoms with E-state index >= 15 is 0 Å². The molecule has 0 aromatic heterocycles. The first kappa shape index (κ1) is 28.1. The van der Waals surface area contributed by atoms with E-state index in [9.17, 15) is 10.2 Å². The molecule has 0 aromatic rings. The summed E-state index contributed by atoms with van der Waals surface area (Å²) >= 11 is 0. The van der Waals surface area contributed by atoms with E-state index in [4.69, 9.17) is 9.90 Å². The van der Waals surface area contributed by atoms with Crippen molar-refractivity contribution in [3.63, 3.8) is 0 Å². The van der Waals surface area contributed by atoms with Crippen LogP contribution in [0.15, 0.2) is 12.2 Å². The van der Waals surface area contributed by atoms with Gasteiger partial charge in [0.15, 0.2) is 0 Å². The highest BCUT2D eigenvalue weighted by Gasteiger charge is 2.70. The van der Waals surface area contributed by atoms with E-state index in [1.165, 1.54) is 63.4 Å². The second-order valence-electron chi connectivity index (χ2n) is 15.1. The van der Waals surface area contributed by atoms with E-state index in [-0.39, 0.29) is 16.9 Å². The van der Waals surface area contributed by atoms with Crippen molar-refractivity contribution in [2.45, 2.75) is 119 Å². The zero-order valence-electron chi connectivity index (χ0n) is 24.2. The zero-order valence-corrected chi connectivity index (χ0v) is 24.2. The van der Waals surface area contributed by atoms with Crippen LogP contribution in [0.1, 0.15) is 113 Å². The number of aliphatic hydroxyl groups is 2. The van der Waals surface area contributed by atoms with E-state index in [2.05, 4.69) is 48.1 Å². The summed E-state index contributed by atoms with van der Waals surface area (Å²) in [5.41, 5.74) is 2.60. The maximum absolute atomic E-state index is 10.9. The van der Waals surface area contributed by atoms with Gasteiger partial charge >= 0.3 is 0 Å². The number of carbonyl (C=O) groups excluding carboxylic acids is 1. The number of rotatable bonds is 2. The first-order chi connectivity index (χ1) is 16.6. The number of aliphatic hydroxyl groups excluding tert-OH is 2. The van der Waals surface area contributed by atoms with Crippen LogP contribution in [0.2, 0.25) is 0 Å². The fraction of sp³-hybridized carbons (Fsp3) is 0.906. The van der Waals surface area contributed by atoms with Gasteiger partial charge < -0.3 is 20.1 Å². The number of fused-ring (bicyclic) bond motifs is 7. The lowest BCUT2D eigenvalue weighted by Gasteiger charge is -2.73. The second kappa shape index (κ2) is 9.11. The van der Waals surface area contributed by atoms with Crippen molar-refractivity contribution < 1.29 is 20.1 Å². The Hall–Kier alpha value is -0.870. The van der Waals surface area contributed by atoms with E-state index in [1.54, 1.807) is 0 Å². The van der Waals surface area contributed by atoms with E-state index in [0.717, 1.165) is 25.2 Å². The summed E-state index contributed by atoms with van der Waals surface area (Å²) < 4.78 is 0. The molecule has 2 N–H and O–H groups in total. The molecule has 206 valence electrons. The molecule has 0 bridgehead atoms. The molecule has 10 atom stereocenters. The first-order valence-electron chi connectivity index (χ1n) is 14.7. The standard InChI is InChI=1S/C30H50O2.C2H4O2/c1-19(2)20-10-15-30(18-31)17-16-28(6)21(25(20)30)8-9-23-27(5)13-12-24(32)26(3,4)22(27)11-14-29(23,28)7;1-2(3)4/h20-25,31-32H,1,8-18H2,2-7H3;1H3,(H,3,4)/p-1/t20-,21+,22-,23+,24-,25+,27-,28+,29+,30+;/m0./s1. The summed E-state index contributed by atoms with van der Waals surface area (Å²) in [6, 6.07) is 0. The minimum absolute atomic E-state index is 0.0290. The molecule has 0 aromatic carbocycles. The van der Waals surface area contributed by atoms with Crippen molar-refractivity contribution in [3.05, 3.63) is 12.2 Å². The van der Waals surface area contributed by atoms with Gasteiger partial charge in [-0.2, -0.15) is 0 Å². The fourth-order valence-electron chi connectivity index (χ4n) is 11.5. The molecule has 4 heteroatoms. The van der Waals surface area contributed by atoms with Crippen molar-refractivity contribution in [3.8, 4) is 0 Å². The largest absolute Gasteiger partial charge is 0.550 e. The number of allylic oxidation sites excluding steroid dienone is 1. The van der Waals surface area contributed by atoms with Crippen LogP contribution < -0.4 is 5.11 Å². The molecule has 0 saturated heterocycles. The van der Waals surface area contributed by atoms with E-state index in [0.29, 0.717) is 40.6 Å². The summed E-state index contributed by atoms with van der Waals surface area (Å²) in [6.45, 7) is 20.7. The maximum Gasteiger partial charge on any atom is 0.0594 e. The van der Waals surface area contributed by atoms with Gasteiger partial charge in [0.05, 0.1) is 6.10 Å². The van der Waals surface area contributed by atoms with Crippen LogP contribution in [0, 0.1) is 56.7 Å². The quantitative estimate of drug-likeness (QED) is 0.472. The third-order valence-electron chi connectivity index (χ3n) is 13.5. The van der Waals surface area contributed by atoms with Gasteiger partial charge in [-0.15, -0.1) is 0 Å². The Morgan fingerprint density at radius 1 is 0.861 bits per heavy atom. The highest BCUT2D eigenvalue weighted by molar-refractivity contribution is 5.60. The zero-order chi connectivity index (χ0) is 26.9. The lowest BCUT2D eigenvalue weighted by molar-refractivity contribution is -0.302. The number of carbonyl (C=O) groups is 1. The number of hydrogen-bond acceptors (Lipinski definition) is 4. The average molecular weight is 502 g/mol. The SMILES string of the molecule is C=C(C)[C@@H]1CC[C@]2(CO)CC[C@]3(C)[C@H](CC[C@@H]4[C@@]5(C)CC[C@H](O)C(C)(C)[C@@H]5CC[C@]43C)[C@@H]12.CC(=O)[O-]. The molecular formula is C32H53O4-. The van der Waals surface area contributed by atoms with Crippen LogP contribution in [-0.4, -0.2) is 28.9 Å². The van der Waals surface area contributed by atoms with Gasteiger partial charge in [-0.1, -0.05) is 46.8 Å². The van der Waals surface area contributed by atoms with Crippen molar-refractivity contribution >= 4 is 5.97 Å². The van der Waals surface area contributed by atoms with Crippen LogP contribution in [0.4, 0.5) is 0 Å². The molecule has 5 rings (SSSR count). The number of carboxylic acid groups (broad SMARTS) is 1. The highest BCUT2D eigenvalue weighted by Crippen LogP contribution is 2.77. The fourth-order valence-corrected chi connectivity index (χ4v) is 11.5. The smallest absolute Gasteiger partial charge is 0.0594 e. The highest BCUT2D eigenvalue weighted by atomic mass is 16.4. The van der Waals surface area contributed by atoms with Crippen molar-refractivity contribution in [2.75, 3.05) is 6.61 Å². The lowest BCUT2D eigenvalue weighted by Crippen LogP contribution is -2.66. The normalized spacial score (nSPS) is 50.9. The first-order valence-corrected chi connectivity index (χ1v) is 14.7. The molecule has 0 unspecified atom stereocenters. The van der Waals surface area contributed by atoms with Crippen LogP contribution in [0.25, 0.3) is 0 Å². The molecule has 0 radical (unpaired) electrons. The van der Waals surface area contributed by atoms with Crippen LogP contribution in [-0.2, 0) is 4.79 Å². The molecule has 5 aliphatic carbocycles. The molecule has 4 nitrogen and oxygen atoms in total. The maximum atomic E-state index is 10.9. The van der Waals surface area contributed by atoms with Crippen LogP contribution >= 0.6 is 0 Å². The lowest BCUT2D eigenvalue weighted by atomic mass is 9.32. The number of hydrogen-bond donors (Lipinski definition) is 2. The molecule has 5 fully saturated rings. The Morgan fingerprint density at radius 2 is 1.50 bits per heavy atom. The molecule has 5 aliphatic rings. The topological polar surface area (TPSA) is 80.6 Å². The third-order valence-corrected chi connectivity index (χ3v) is 13.5. The Bertz CT molecular complexity index is 875. The van der Waals surface area contributed by atoms with Gasteiger partial charge in [-0.3, -0.25) is 0 Å². The van der Waals surface area contributed by atoms with Gasteiger partial charge in [-0.25, -0.2) is 0 Å². The molecule has 0 heterocycles. The monoisotopic (exact) mass is 501 g/mol. The number of carboxylic acids is 1. The Balaban J connectivity index is 0.000000709. The van der Waals surface area contributed by atoms with E-state index < -0.39 is 5.97 Å². The van der Waals surface area contributed by atoms with Crippen LogP contribution in [0.5, 0.6) is 0 Å². The Labute approximate surface area is 220 Å². The van der Waals surface area contributed by atoms with Gasteiger partial charge in [0, 0.05) is 12.6 Å². The van der Waals surface area contributed by atoms with Gasteiger partial charge in [-0.05, 0) is 135 Å². The molecular weight excluding hydrogens is 448 g/mol. The summed E-state index contributed by atoms with van der Waals surface area (Å²) in [5.74, 6) is 2.25. The third kappa shape index (κ3) is 3.78. The minimum atomic E-state index is -1.08. The van der Waals surface area contributed by atoms with Gasteiger partial charge in [0.1, 0.15) is 0 Å². The summed E-state index contributed by atoms with van der Waals surface area (Å²) in [7, 11) is 0. The Kier molecular flexibility index (Phi) is 7.12. The summed E-state index contributed by atoms with van der Waals surface area (Å²) in [4.78, 5) is 8.89. The molecule has 36 heavy (non-hydrogen) atoms. The average Bonchev–Trinajstić information content (AvgIpc) is 3.17. The second-order valence-corrected chi connectivity index (χ2v) is 15.1. The molecule has 0 aliphatic heterocycles. The summed E-state index contributed by atoms with van der Waals surface area (Å²) in [6.07, 6.45) is 12.2. The number of aliphatic carboxylic acids is 1. The van der Waals surface area contributed by atoms with Gasteiger partial charge in [0.25, 0.3) is 0 Å². The van der Waals surface area contributed by atoms with Crippen molar-refractivity contribution in [1.82, 2.24) is 0 Å².